The number of methoxy groups -OCH3 is 2. The molecule has 1 aliphatic rings. The first kappa shape index (κ1) is 13.6. The quantitative estimate of drug-likeness (QED) is 0.630. The molecular weight excluding hydrogens is 320 g/mol. The SMILES string of the molecule is [2H]C([2H])([2H])OC(=O)[C@]1(C(=O)OC)C[C@H](c2ccccc2)O[C@@H]1c1ccccc1. The molecule has 0 aliphatic carbocycles. The van der Waals surface area contributed by atoms with Crippen LogP contribution < -0.4 is 0 Å². The van der Waals surface area contributed by atoms with Crippen molar-refractivity contribution in [3.8, 4) is 0 Å². The van der Waals surface area contributed by atoms with E-state index >= 15 is 0 Å². The van der Waals surface area contributed by atoms with Crippen LogP contribution in [0.1, 0.15) is 33.9 Å². The van der Waals surface area contributed by atoms with Crippen molar-refractivity contribution in [2.75, 3.05) is 14.1 Å². The van der Waals surface area contributed by atoms with Gasteiger partial charge >= 0.3 is 11.9 Å². The maximum atomic E-state index is 13.0. The van der Waals surface area contributed by atoms with E-state index in [1.807, 2.05) is 30.3 Å². The molecule has 1 heterocycles. The van der Waals surface area contributed by atoms with Crippen LogP contribution in [0.2, 0.25) is 0 Å². The van der Waals surface area contributed by atoms with Gasteiger partial charge in [0.2, 0.25) is 0 Å². The van der Waals surface area contributed by atoms with Gasteiger partial charge in [0.25, 0.3) is 0 Å². The summed E-state index contributed by atoms with van der Waals surface area (Å²) >= 11 is 0. The molecule has 3 rings (SSSR count). The Morgan fingerprint density at radius 3 is 2.12 bits per heavy atom. The molecule has 0 saturated carbocycles. The molecule has 0 unspecified atom stereocenters. The van der Waals surface area contributed by atoms with E-state index in [0.29, 0.717) is 5.56 Å². The minimum atomic E-state index is -3.00. The number of hydrogen-bond acceptors (Lipinski definition) is 5. The summed E-state index contributed by atoms with van der Waals surface area (Å²) in [6.07, 6.45) is -1.77. The number of rotatable bonds is 4. The van der Waals surface area contributed by atoms with E-state index in [9.17, 15) is 9.59 Å². The third-order valence-electron chi connectivity index (χ3n) is 4.54. The van der Waals surface area contributed by atoms with E-state index in [2.05, 4.69) is 4.74 Å². The minimum absolute atomic E-state index is 0.0990. The molecule has 1 aliphatic heterocycles. The smallest absolute Gasteiger partial charge is 0.326 e. The van der Waals surface area contributed by atoms with Crippen molar-refractivity contribution in [3.63, 3.8) is 0 Å². The third kappa shape index (κ3) is 2.91. The summed E-state index contributed by atoms with van der Waals surface area (Å²) in [6.45, 7) is 0. The van der Waals surface area contributed by atoms with Crippen LogP contribution in [-0.2, 0) is 23.8 Å². The van der Waals surface area contributed by atoms with Crippen LogP contribution in [0.5, 0.6) is 0 Å². The largest absolute Gasteiger partial charge is 0.468 e. The summed E-state index contributed by atoms with van der Waals surface area (Å²) in [7, 11) is -1.85. The predicted octanol–water partition coefficient (Wildman–Crippen LogP) is 3.22. The summed E-state index contributed by atoms with van der Waals surface area (Å²) in [5.41, 5.74) is -0.630. The second-order valence-electron chi connectivity index (χ2n) is 5.88. The highest BCUT2D eigenvalue weighted by atomic mass is 16.6. The Labute approximate surface area is 150 Å². The van der Waals surface area contributed by atoms with Crippen molar-refractivity contribution in [2.24, 2.45) is 5.41 Å². The van der Waals surface area contributed by atoms with Gasteiger partial charge in [-0.3, -0.25) is 9.59 Å². The summed E-state index contributed by atoms with van der Waals surface area (Å²) in [6, 6.07) is 17.8. The molecule has 0 radical (unpaired) electrons. The zero-order valence-corrected chi connectivity index (χ0v) is 13.7. The van der Waals surface area contributed by atoms with Gasteiger partial charge in [-0.25, -0.2) is 0 Å². The van der Waals surface area contributed by atoms with Crippen LogP contribution in [-0.4, -0.2) is 26.1 Å². The van der Waals surface area contributed by atoms with E-state index in [-0.39, 0.29) is 6.42 Å². The topological polar surface area (TPSA) is 61.8 Å². The van der Waals surface area contributed by atoms with E-state index < -0.39 is 36.6 Å². The number of hydrogen-bond donors (Lipinski definition) is 0. The van der Waals surface area contributed by atoms with Gasteiger partial charge in [-0.1, -0.05) is 60.7 Å². The van der Waals surface area contributed by atoms with Gasteiger partial charge in [0.05, 0.1) is 24.4 Å². The summed E-state index contributed by atoms with van der Waals surface area (Å²) in [5.74, 6) is -2.08. The van der Waals surface area contributed by atoms with Gasteiger partial charge in [-0.2, -0.15) is 0 Å². The zero-order chi connectivity index (χ0) is 20.4. The molecule has 2 aromatic rings. The second-order valence-corrected chi connectivity index (χ2v) is 5.88. The van der Waals surface area contributed by atoms with Gasteiger partial charge < -0.3 is 14.2 Å². The summed E-state index contributed by atoms with van der Waals surface area (Å²) in [4.78, 5) is 25.8. The van der Waals surface area contributed by atoms with Crippen LogP contribution >= 0.6 is 0 Å². The molecule has 0 aromatic heterocycles. The molecule has 5 nitrogen and oxygen atoms in total. The Bertz CT molecular complexity index is 838. The van der Waals surface area contributed by atoms with Crippen molar-refractivity contribution >= 4 is 11.9 Å². The Hall–Kier alpha value is -2.66. The standard InChI is InChI=1S/C20H20O5/c1-23-18(21)20(19(22)24-2)13-16(14-9-5-3-6-10-14)25-17(20)15-11-7-4-8-12-15/h3-12,16-17H,13H2,1-2H3/t16-,17-/m1/s1/i1D3/t16-,17-,20+. The van der Waals surface area contributed by atoms with Crippen LogP contribution in [0.15, 0.2) is 60.7 Å². The molecule has 5 heteroatoms. The molecule has 1 saturated heterocycles. The Kier molecular flexibility index (Phi) is 3.85. The predicted molar refractivity (Wildman–Crippen MR) is 90.5 cm³/mol. The second kappa shape index (κ2) is 7.07. The van der Waals surface area contributed by atoms with E-state index in [1.165, 1.54) is 0 Å². The fraction of sp³-hybridized carbons (Fsp3) is 0.300. The number of esters is 2. The monoisotopic (exact) mass is 343 g/mol. The Morgan fingerprint density at radius 2 is 1.56 bits per heavy atom. The first-order valence-electron chi connectivity index (χ1n) is 9.35. The van der Waals surface area contributed by atoms with E-state index in [0.717, 1.165) is 12.7 Å². The molecule has 0 amide bonds. The maximum absolute atomic E-state index is 13.0. The molecule has 1 fully saturated rings. The molecule has 3 atom stereocenters. The van der Waals surface area contributed by atoms with Crippen molar-refractivity contribution in [1.29, 1.82) is 0 Å². The highest BCUT2D eigenvalue weighted by molar-refractivity contribution is 6.01. The Balaban J connectivity index is 2.11. The lowest BCUT2D eigenvalue weighted by Crippen LogP contribution is -2.43. The van der Waals surface area contributed by atoms with Crippen molar-refractivity contribution in [3.05, 3.63) is 71.8 Å². The molecule has 2 aromatic carbocycles. The molecule has 130 valence electrons. The number of ether oxygens (including phenoxy) is 3. The third-order valence-corrected chi connectivity index (χ3v) is 4.54. The Morgan fingerprint density at radius 1 is 1.00 bits per heavy atom. The lowest BCUT2D eigenvalue weighted by atomic mass is 9.76. The highest BCUT2D eigenvalue weighted by Gasteiger charge is 2.62. The number of carbonyl (C=O) groups is 2. The molecule has 0 spiro atoms. The van der Waals surface area contributed by atoms with Crippen molar-refractivity contribution in [2.45, 2.75) is 18.6 Å². The fourth-order valence-electron chi connectivity index (χ4n) is 3.32. The normalized spacial score (nSPS) is 27.6. The average Bonchev–Trinajstić information content (AvgIpc) is 3.09. The minimum Gasteiger partial charge on any atom is -0.468 e. The first-order chi connectivity index (χ1) is 13.3. The maximum Gasteiger partial charge on any atom is 0.326 e. The van der Waals surface area contributed by atoms with Crippen LogP contribution in [0, 0.1) is 5.41 Å². The summed E-state index contributed by atoms with van der Waals surface area (Å²) in [5, 5.41) is 0. The van der Waals surface area contributed by atoms with Gasteiger partial charge in [0.1, 0.15) is 6.10 Å². The number of benzene rings is 2. The summed E-state index contributed by atoms with van der Waals surface area (Å²) < 4.78 is 37.6. The fourth-order valence-corrected chi connectivity index (χ4v) is 3.32. The van der Waals surface area contributed by atoms with Gasteiger partial charge in [0, 0.05) is 6.42 Å². The van der Waals surface area contributed by atoms with E-state index in [1.54, 1.807) is 30.3 Å². The molecular formula is C20H20O5. The van der Waals surface area contributed by atoms with Crippen LogP contribution in [0.25, 0.3) is 0 Å². The first-order valence-corrected chi connectivity index (χ1v) is 7.85. The molecule has 0 N–H and O–H groups in total. The average molecular weight is 343 g/mol. The van der Waals surface area contributed by atoms with Gasteiger partial charge in [-0.05, 0) is 11.1 Å². The number of carbonyl (C=O) groups excluding carboxylic acids is 2. The van der Waals surface area contributed by atoms with Gasteiger partial charge in [-0.15, -0.1) is 0 Å². The van der Waals surface area contributed by atoms with Crippen molar-refractivity contribution in [1.82, 2.24) is 0 Å². The van der Waals surface area contributed by atoms with E-state index in [4.69, 9.17) is 13.6 Å². The molecule has 25 heavy (non-hydrogen) atoms. The van der Waals surface area contributed by atoms with Gasteiger partial charge in [0.15, 0.2) is 5.41 Å². The van der Waals surface area contributed by atoms with Crippen LogP contribution in [0.3, 0.4) is 0 Å². The lowest BCUT2D eigenvalue weighted by molar-refractivity contribution is -0.173. The zero-order valence-electron chi connectivity index (χ0n) is 16.7. The van der Waals surface area contributed by atoms with Crippen LogP contribution in [0.4, 0.5) is 0 Å². The highest BCUT2D eigenvalue weighted by Crippen LogP contribution is 2.54. The van der Waals surface area contributed by atoms with Crippen molar-refractivity contribution < 1.29 is 27.9 Å². The lowest BCUT2D eigenvalue weighted by Gasteiger charge is -2.28. The molecule has 0 bridgehead atoms.